The minimum absolute atomic E-state index is 0.0428. The molecule has 4 aromatic rings. The minimum Gasteiger partial charge on any atom is -0.497 e. The van der Waals surface area contributed by atoms with Gasteiger partial charge >= 0.3 is 0 Å². The van der Waals surface area contributed by atoms with Crippen molar-refractivity contribution in [1.82, 2.24) is 10.2 Å². The number of sulfonamides is 1. The Bertz CT molecular complexity index is 1730. The molecule has 0 spiro atoms. The van der Waals surface area contributed by atoms with Gasteiger partial charge in [-0.25, -0.2) is 8.42 Å². The van der Waals surface area contributed by atoms with Crippen LogP contribution in [0.25, 0.3) is 0 Å². The molecule has 0 radical (unpaired) electrons. The SMILES string of the molecule is CCNC(=O)[C@@H](Cc1ccccc1)N(Cc1cccc(OC)c1)C(=O)CN(c1cccc([N+](=O)[O-])c1)S(=O)(=O)c1ccccc1. The zero-order valence-electron chi connectivity index (χ0n) is 24.9. The Morgan fingerprint density at radius 1 is 0.889 bits per heavy atom. The van der Waals surface area contributed by atoms with Crippen molar-refractivity contribution >= 4 is 33.2 Å². The molecular weight excluding hydrogens is 596 g/mol. The number of methoxy groups -OCH3 is 1. The number of carbonyl (C=O) groups excluding carboxylic acids is 2. The summed E-state index contributed by atoms with van der Waals surface area (Å²) in [6.45, 7) is 1.31. The molecule has 0 unspecified atom stereocenters. The van der Waals surface area contributed by atoms with E-state index >= 15 is 0 Å². The van der Waals surface area contributed by atoms with Crippen molar-refractivity contribution in [2.75, 3.05) is 24.5 Å². The van der Waals surface area contributed by atoms with Gasteiger partial charge in [-0.15, -0.1) is 0 Å². The van der Waals surface area contributed by atoms with Crippen LogP contribution in [-0.2, 0) is 32.6 Å². The lowest BCUT2D eigenvalue weighted by Crippen LogP contribution is -2.53. The molecule has 11 nitrogen and oxygen atoms in total. The first kappa shape index (κ1) is 32.7. The molecule has 1 N–H and O–H groups in total. The first-order valence-corrected chi connectivity index (χ1v) is 15.6. The van der Waals surface area contributed by atoms with Crippen molar-refractivity contribution in [2.45, 2.75) is 30.8 Å². The molecule has 4 rings (SSSR count). The van der Waals surface area contributed by atoms with Gasteiger partial charge in [-0.05, 0) is 48.4 Å². The van der Waals surface area contributed by atoms with Crippen molar-refractivity contribution < 1.29 is 27.7 Å². The lowest BCUT2D eigenvalue weighted by Gasteiger charge is -2.33. The Morgan fingerprint density at radius 2 is 1.53 bits per heavy atom. The van der Waals surface area contributed by atoms with Crippen LogP contribution in [0.1, 0.15) is 18.1 Å². The molecule has 1 atom stereocenters. The molecule has 0 aliphatic heterocycles. The third-order valence-corrected chi connectivity index (χ3v) is 8.84. The summed E-state index contributed by atoms with van der Waals surface area (Å²) in [5.74, 6) is -0.552. The summed E-state index contributed by atoms with van der Waals surface area (Å²) in [5.41, 5.74) is 1.04. The molecule has 0 saturated heterocycles. The predicted molar refractivity (Wildman–Crippen MR) is 170 cm³/mol. The number of nitrogens with one attached hydrogen (secondary N) is 1. The average molecular weight is 631 g/mol. The zero-order valence-corrected chi connectivity index (χ0v) is 25.7. The highest BCUT2D eigenvalue weighted by Gasteiger charge is 2.35. The van der Waals surface area contributed by atoms with Crippen LogP contribution < -0.4 is 14.4 Å². The molecule has 12 heteroatoms. The second-order valence-electron chi connectivity index (χ2n) is 10.1. The maximum absolute atomic E-state index is 14.4. The van der Waals surface area contributed by atoms with Crippen LogP contribution in [0.15, 0.2) is 114 Å². The molecule has 2 amide bonds. The Labute approximate surface area is 262 Å². The number of amides is 2. The number of anilines is 1. The number of ether oxygens (including phenoxy) is 1. The second-order valence-corrected chi connectivity index (χ2v) is 11.9. The molecule has 4 aromatic carbocycles. The van der Waals surface area contributed by atoms with Crippen LogP contribution in [0.5, 0.6) is 5.75 Å². The van der Waals surface area contributed by atoms with E-state index in [0.717, 1.165) is 15.9 Å². The van der Waals surface area contributed by atoms with Crippen molar-refractivity contribution in [1.29, 1.82) is 0 Å². The van der Waals surface area contributed by atoms with Crippen LogP contribution in [0.2, 0.25) is 0 Å². The van der Waals surface area contributed by atoms with E-state index in [-0.39, 0.29) is 29.2 Å². The summed E-state index contributed by atoms with van der Waals surface area (Å²) in [6, 6.07) is 27.8. The van der Waals surface area contributed by atoms with Crippen molar-refractivity contribution in [3.05, 3.63) is 130 Å². The number of nitrogens with zero attached hydrogens (tertiary/aromatic N) is 3. The number of nitro benzene ring substituents is 1. The third kappa shape index (κ3) is 8.24. The van der Waals surface area contributed by atoms with Gasteiger partial charge in [0.15, 0.2) is 0 Å². The van der Waals surface area contributed by atoms with E-state index in [4.69, 9.17) is 4.74 Å². The van der Waals surface area contributed by atoms with Gasteiger partial charge in [0.1, 0.15) is 18.3 Å². The standard InChI is InChI=1S/C33H34N4O7S/c1-3-34-33(39)31(21-25-12-6-4-7-13-25)35(23-26-14-10-17-29(20-26)44-2)32(38)24-36(27-15-11-16-28(22-27)37(40)41)45(42,43)30-18-8-5-9-19-30/h4-20,22,31H,3,21,23-24H2,1-2H3,(H,34,39)/t31-/m1/s1. The predicted octanol–water partition coefficient (Wildman–Crippen LogP) is 4.57. The van der Waals surface area contributed by atoms with Gasteiger partial charge in [0, 0.05) is 31.6 Å². The van der Waals surface area contributed by atoms with Crippen molar-refractivity contribution in [3.63, 3.8) is 0 Å². The molecule has 234 valence electrons. The normalized spacial score (nSPS) is 11.7. The van der Waals surface area contributed by atoms with E-state index < -0.39 is 39.3 Å². The van der Waals surface area contributed by atoms with E-state index in [9.17, 15) is 28.1 Å². The molecule has 0 aromatic heterocycles. The van der Waals surface area contributed by atoms with E-state index in [2.05, 4.69) is 5.32 Å². The average Bonchev–Trinajstić information content (AvgIpc) is 3.06. The van der Waals surface area contributed by atoms with E-state index in [0.29, 0.717) is 17.9 Å². The highest BCUT2D eigenvalue weighted by Crippen LogP contribution is 2.28. The van der Waals surface area contributed by atoms with Gasteiger partial charge in [-0.3, -0.25) is 24.0 Å². The summed E-state index contributed by atoms with van der Waals surface area (Å²) in [7, 11) is -2.87. The van der Waals surface area contributed by atoms with Crippen molar-refractivity contribution in [3.8, 4) is 5.75 Å². The number of likely N-dealkylation sites (N-methyl/N-ethyl adjacent to an activating group) is 1. The van der Waals surface area contributed by atoms with E-state index in [1.165, 1.54) is 42.3 Å². The van der Waals surface area contributed by atoms with Gasteiger partial charge in [-0.2, -0.15) is 0 Å². The smallest absolute Gasteiger partial charge is 0.271 e. The number of carbonyl (C=O) groups is 2. The monoisotopic (exact) mass is 630 g/mol. The Hall–Kier alpha value is -5.23. The van der Waals surface area contributed by atoms with Crippen LogP contribution in [-0.4, -0.2) is 56.3 Å². The highest BCUT2D eigenvalue weighted by atomic mass is 32.2. The number of hydrogen-bond donors (Lipinski definition) is 1. The summed E-state index contributed by atoms with van der Waals surface area (Å²) in [5, 5.41) is 14.4. The fraction of sp³-hybridized carbons (Fsp3) is 0.212. The largest absolute Gasteiger partial charge is 0.497 e. The van der Waals surface area contributed by atoms with Gasteiger partial charge < -0.3 is 15.0 Å². The maximum atomic E-state index is 14.4. The van der Waals surface area contributed by atoms with Gasteiger partial charge in [-0.1, -0.05) is 66.7 Å². The van der Waals surface area contributed by atoms with Gasteiger partial charge in [0.25, 0.3) is 15.7 Å². The minimum atomic E-state index is -4.38. The second kappa shape index (κ2) is 15.0. The lowest BCUT2D eigenvalue weighted by molar-refractivity contribution is -0.384. The highest BCUT2D eigenvalue weighted by molar-refractivity contribution is 7.92. The lowest BCUT2D eigenvalue weighted by atomic mass is 10.0. The van der Waals surface area contributed by atoms with Gasteiger partial charge in [0.2, 0.25) is 11.8 Å². The Balaban J connectivity index is 1.83. The number of rotatable bonds is 14. The molecule has 45 heavy (non-hydrogen) atoms. The van der Waals surface area contributed by atoms with E-state index in [1.807, 2.05) is 30.3 Å². The molecule has 0 heterocycles. The molecule has 0 bridgehead atoms. The summed E-state index contributed by atoms with van der Waals surface area (Å²) in [6.07, 6.45) is 0.157. The first-order valence-electron chi connectivity index (χ1n) is 14.2. The van der Waals surface area contributed by atoms with Crippen LogP contribution in [0, 0.1) is 10.1 Å². The summed E-state index contributed by atoms with van der Waals surface area (Å²) in [4.78, 5) is 40.2. The fourth-order valence-electron chi connectivity index (χ4n) is 4.82. The summed E-state index contributed by atoms with van der Waals surface area (Å²) < 4.78 is 34.2. The summed E-state index contributed by atoms with van der Waals surface area (Å²) >= 11 is 0. The van der Waals surface area contributed by atoms with Crippen LogP contribution >= 0.6 is 0 Å². The zero-order chi connectivity index (χ0) is 32.4. The number of nitro groups is 1. The third-order valence-electron chi connectivity index (χ3n) is 7.05. The number of non-ortho nitro benzene ring substituents is 1. The Kier molecular flexibility index (Phi) is 10.9. The molecular formula is C33H34N4O7S. The Morgan fingerprint density at radius 3 is 2.18 bits per heavy atom. The van der Waals surface area contributed by atoms with Crippen LogP contribution in [0.3, 0.4) is 0 Å². The van der Waals surface area contributed by atoms with E-state index in [1.54, 1.807) is 49.4 Å². The molecule has 0 saturated carbocycles. The number of hydrogen-bond acceptors (Lipinski definition) is 7. The maximum Gasteiger partial charge on any atom is 0.271 e. The quantitative estimate of drug-likeness (QED) is 0.159. The van der Waals surface area contributed by atoms with Crippen molar-refractivity contribution in [2.24, 2.45) is 0 Å². The fourth-order valence-corrected chi connectivity index (χ4v) is 6.25. The number of benzene rings is 4. The topological polar surface area (TPSA) is 139 Å². The molecule has 0 fully saturated rings. The molecule has 0 aliphatic rings. The van der Waals surface area contributed by atoms with Crippen LogP contribution in [0.4, 0.5) is 11.4 Å². The van der Waals surface area contributed by atoms with Gasteiger partial charge in [0.05, 0.1) is 22.6 Å². The first-order chi connectivity index (χ1) is 21.6. The molecule has 0 aliphatic carbocycles.